The van der Waals surface area contributed by atoms with E-state index < -0.39 is 80.6 Å². The summed E-state index contributed by atoms with van der Waals surface area (Å²) in [6.45, 7) is 0.131. The van der Waals surface area contributed by atoms with Gasteiger partial charge in [-0.3, -0.25) is 4.79 Å². The number of carbonyl (C=O) groups is 1. The zero-order chi connectivity index (χ0) is 29.5. The van der Waals surface area contributed by atoms with Crippen LogP contribution in [0.3, 0.4) is 0 Å². The van der Waals surface area contributed by atoms with Crippen LogP contribution < -0.4 is 0 Å². The number of rotatable bonds is 20. The van der Waals surface area contributed by atoms with Crippen molar-refractivity contribution in [3.05, 3.63) is 0 Å². The fourth-order valence-corrected chi connectivity index (χ4v) is 5.15. The third kappa shape index (κ3) is 10.4. The molecule has 0 radical (unpaired) electrons. The molecular formula is C28H52O12. The van der Waals surface area contributed by atoms with E-state index in [-0.39, 0.29) is 6.42 Å². The molecule has 0 aliphatic carbocycles. The van der Waals surface area contributed by atoms with Crippen LogP contribution in [0.4, 0.5) is 0 Å². The number of unbranched alkanes of at least 4 members (excludes halogenated alkanes) is 12. The third-order valence-electron chi connectivity index (χ3n) is 7.78. The molecule has 2 fully saturated rings. The highest BCUT2D eigenvalue weighted by Crippen LogP contribution is 2.36. The van der Waals surface area contributed by atoms with Crippen molar-refractivity contribution < 1.29 is 59.5 Å². The molecule has 2 aliphatic heterocycles. The second-order valence-electron chi connectivity index (χ2n) is 11.1. The van der Waals surface area contributed by atoms with Gasteiger partial charge in [0.15, 0.2) is 6.29 Å². The average molecular weight is 581 g/mol. The first-order chi connectivity index (χ1) is 19.2. The van der Waals surface area contributed by atoms with Gasteiger partial charge in [0, 0.05) is 6.42 Å². The largest absolute Gasteiger partial charge is 0.463 e. The van der Waals surface area contributed by atoms with Gasteiger partial charge in [0.1, 0.15) is 55.9 Å². The lowest BCUT2D eigenvalue weighted by Crippen LogP contribution is -2.62. The molecule has 7 N–H and O–H groups in total. The molecule has 0 aromatic carbocycles. The number of ether oxygens (including phenoxy) is 4. The molecule has 0 aromatic heterocycles. The molecular weight excluding hydrogens is 528 g/mol. The van der Waals surface area contributed by atoms with Crippen molar-refractivity contribution in [2.24, 2.45) is 0 Å². The smallest absolute Gasteiger partial charge is 0.305 e. The van der Waals surface area contributed by atoms with Crippen molar-refractivity contribution in [1.29, 1.82) is 0 Å². The van der Waals surface area contributed by atoms with E-state index in [2.05, 4.69) is 6.92 Å². The van der Waals surface area contributed by atoms with E-state index >= 15 is 0 Å². The average Bonchev–Trinajstić information content (AvgIpc) is 3.20. The molecule has 12 heteroatoms. The molecule has 2 aliphatic rings. The van der Waals surface area contributed by atoms with Crippen LogP contribution in [0, 0.1) is 0 Å². The number of carbonyl (C=O) groups excluding carboxylic acids is 1. The summed E-state index contributed by atoms with van der Waals surface area (Å²) in [6.07, 6.45) is 2.70. The molecule has 2 rings (SSSR count). The van der Waals surface area contributed by atoms with Crippen LogP contribution in [0.5, 0.6) is 0 Å². The number of aliphatic hydroxyl groups is 7. The number of aliphatic hydroxyl groups excluding tert-OH is 7. The monoisotopic (exact) mass is 580 g/mol. The fraction of sp³-hybridized carbons (Fsp3) is 0.964. The summed E-state index contributed by atoms with van der Waals surface area (Å²) in [5.41, 5.74) is 0. The van der Waals surface area contributed by atoms with E-state index in [0.717, 1.165) is 19.3 Å². The Kier molecular flexibility index (Phi) is 16.4. The van der Waals surface area contributed by atoms with Crippen molar-refractivity contribution in [1.82, 2.24) is 0 Å². The zero-order valence-electron chi connectivity index (χ0n) is 23.8. The van der Waals surface area contributed by atoms with Crippen molar-refractivity contribution >= 4 is 5.97 Å². The quantitative estimate of drug-likeness (QED) is 0.0785. The van der Waals surface area contributed by atoms with Crippen LogP contribution >= 0.6 is 0 Å². The second-order valence-corrected chi connectivity index (χ2v) is 11.1. The Labute approximate surface area is 237 Å². The topological polar surface area (TPSA) is 196 Å². The minimum Gasteiger partial charge on any atom is -0.463 e. The van der Waals surface area contributed by atoms with Gasteiger partial charge in [0.2, 0.25) is 5.79 Å². The summed E-state index contributed by atoms with van der Waals surface area (Å²) in [7, 11) is 0. The molecule has 40 heavy (non-hydrogen) atoms. The van der Waals surface area contributed by atoms with E-state index in [1.54, 1.807) is 0 Å². The van der Waals surface area contributed by atoms with Crippen molar-refractivity contribution in [2.45, 2.75) is 152 Å². The molecule has 2 heterocycles. The number of hydrogen-bond acceptors (Lipinski definition) is 12. The summed E-state index contributed by atoms with van der Waals surface area (Å²) in [6, 6.07) is 0. The van der Waals surface area contributed by atoms with Crippen LogP contribution in [-0.2, 0) is 23.7 Å². The van der Waals surface area contributed by atoms with Gasteiger partial charge in [-0.2, -0.15) is 0 Å². The molecule has 0 amide bonds. The zero-order valence-corrected chi connectivity index (χ0v) is 23.8. The maximum Gasteiger partial charge on any atom is 0.305 e. The van der Waals surface area contributed by atoms with E-state index in [1.165, 1.54) is 57.8 Å². The summed E-state index contributed by atoms with van der Waals surface area (Å²) >= 11 is 0. The Morgan fingerprint density at radius 1 is 0.725 bits per heavy atom. The number of esters is 1. The van der Waals surface area contributed by atoms with Gasteiger partial charge in [-0.15, -0.1) is 0 Å². The lowest BCUT2D eigenvalue weighted by Gasteiger charge is -2.43. The Balaban J connectivity index is 1.67. The first-order valence-electron chi connectivity index (χ1n) is 15.0. The van der Waals surface area contributed by atoms with Gasteiger partial charge in [-0.1, -0.05) is 84.0 Å². The Hall–Kier alpha value is -0.930. The lowest BCUT2D eigenvalue weighted by atomic mass is 9.99. The Morgan fingerprint density at radius 3 is 1.77 bits per heavy atom. The summed E-state index contributed by atoms with van der Waals surface area (Å²) in [4.78, 5) is 12.2. The molecule has 12 nitrogen and oxygen atoms in total. The van der Waals surface area contributed by atoms with E-state index in [4.69, 9.17) is 18.9 Å². The maximum atomic E-state index is 12.2. The minimum atomic E-state index is -2.27. The molecule has 0 saturated carbocycles. The van der Waals surface area contributed by atoms with Gasteiger partial charge in [-0.05, 0) is 6.42 Å². The predicted octanol–water partition coefficient (Wildman–Crippen LogP) is 0.637. The van der Waals surface area contributed by atoms with Crippen LogP contribution in [0.1, 0.15) is 96.8 Å². The van der Waals surface area contributed by atoms with Gasteiger partial charge in [0.05, 0.1) is 6.61 Å². The first kappa shape index (κ1) is 35.3. The molecule has 236 valence electrons. The van der Waals surface area contributed by atoms with Gasteiger partial charge in [0.25, 0.3) is 0 Å². The van der Waals surface area contributed by atoms with Crippen LogP contribution in [0.2, 0.25) is 0 Å². The normalized spacial score (nSPS) is 34.3. The van der Waals surface area contributed by atoms with E-state index in [1.807, 2.05) is 0 Å². The SMILES string of the molecule is CCCCCCCCCCCCCCCC(=O)OCC1OC(O[C@]2(CO)OC(CO)C(O)C2O)C(O)C(O)C1O. The summed E-state index contributed by atoms with van der Waals surface area (Å²) in [5.74, 6) is -2.76. The highest BCUT2D eigenvalue weighted by molar-refractivity contribution is 5.69. The second kappa shape index (κ2) is 18.6. The highest BCUT2D eigenvalue weighted by atomic mass is 16.8. The van der Waals surface area contributed by atoms with Crippen molar-refractivity contribution in [3.8, 4) is 0 Å². The lowest BCUT2D eigenvalue weighted by molar-refractivity contribution is -0.383. The summed E-state index contributed by atoms with van der Waals surface area (Å²) in [5, 5.41) is 70.4. The fourth-order valence-electron chi connectivity index (χ4n) is 5.15. The van der Waals surface area contributed by atoms with Gasteiger partial charge < -0.3 is 54.7 Å². The van der Waals surface area contributed by atoms with Crippen molar-refractivity contribution in [2.75, 3.05) is 19.8 Å². The van der Waals surface area contributed by atoms with E-state index in [0.29, 0.717) is 6.42 Å². The molecule has 2 saturated heterocycles. The Morgan fingerprint density at radius 2 is 1.27 bits per heavy atom. The molecule has 0 spiro atoms. The number of hydrogen-bond donors (Lipinski definition) is 7. The van der Waals surface area contributed by atoms with Crippen LogP contribution in [0.25, 0.3) is 0 Å². The third-order valence-corrected chi connectivity index (χ3v) is 7.78. The van der Waals surface area contributed by atoms with E-state index in [9.17, 15) is 40.5 Å². The molecule has 0 bridgehead atoms. The van der Waals surface area contributed by atoms with Crippen LogP contribution in [-0.4, -0.2) is 116 Å². The molecule has 0 aromatic rings. The Bertz CT molecular complexity index is 696. The van der Waals surface area contributed by atoms with Gasteiger partial charge >= 0.3 is 5.97 Å². The maximum absolute atomic E-state index is 12.2. The highest BCUT2D eigenvalue weighted by Gasteiger charge is 2.58. The first-order valence-corrected chi connectivity index (χ1v) is 15.0. The van der Waals surface area contributed by atoms with Crippen molar-refractivity contribution in [3.63, 3.8) is 0 Å². The predicted molar refractivity (Wildman–Crippen MR) is 143 cm³/mol. The van der Waals surface area contributed by atoms with Gasteiger partial charge in [-0.25, -0.2) is 0 Å². The standard InChI is InChI=1S/C28H52O12/c1-2-3-4-5-6-7-8-9-10-11-12-13-14-15-21(31)37-17-20-22(32)24(34)25(35)27(38-20)40-28(18-30)26(36)23(33)19(16-29)39-28/h19-20,22-27,29-30,32-36H,2-18H2,1H3/t19?,20?,22?,23?,24?,25?,26?,27?,28-/m0/s1. The summed E-state index contributed by atoms with van der Waals surface area (Å²) < 4.78 is 21.4. The minimum absolute atomic E-state index is 0.194. The molecule has 8 unspecified atom stereocenters. The molecule has 9 atom stereocenters. The van der Waals surface area contributed by atoms with Crippen LogP contribution in [0.15, 0.2) is 0 Å².